The normalized spacial score (nSPS) is 11.5. The number of azo groups is 1. The Morgan fingerprint density at radius 2 is 1.80 bits per heavy atom. The average Bonchev–Trinajstić information content (AvgIpc) is 2.80. The van der Waals surface area contributed by atoms with Gasteiger partial charge in [-0.3, -0.25) is 0 Å². The Bertz CT molecular complexity index is 794. The monoisotopic (exact) mass is 285 g/mol. The van der Waals surface area contributed by atoms with Crippen molar-refractivity contribution in [2.24, 2.45) is 10.2 Å². The SMILES string of the molecule is Cc1ccc(Cl)c2c(N=Nc3ccccc3)c(O)[nH]c12. The van der Waals surface area contributed by atoms with Gasteiger partial charge in [-0.2, -0.15) is 5.11 Å². The summed E-state index contributed by atoms with van der Waals surface area (Å²) in [5.74, 6) is -0.0316. The molecule has 0 unspecified atom stereocenters. The average molecular weight is 286 g/mol. The maximum atomic E-state index is 9.99. The molecule has 0 aliphatic carbocycles. The number of H-pyrrole nitrogens is 1. The van der Waals surface area contributed by atoms with E-state index in [-0.39, 0.29) is 5.88 Å². The van der Waals surface area contributed by atoms with Gasteiger partial charge in [-0.1, -0.05) is 35.9 Å². The molecular formula is C15H12ClN3O. The van der Waals surface area contributed by atoms with Crippen molar-refractivity contribution < 1.29 is 5.11 Å². The van der Waals surface area contributed by atoms with E-state index in [2.05, 4.69) is 15.2 Å². The topological polar surface area (TPSA) is 60.7 Å². The lowest BCUT2D eigenvalue weighted by atomic mass is 10.1. The van der Waals surface area contributed by atoms with Crippen LogP contribution in [0.25, 0.3) is 10.9 Å². The molecule has 0 bridgehead atoms. The molecule has 0 aliphatic heterocycles. The van der Waals surface area contributed by atoms with Crippen molar-refractivity contribution in [3.63, 3.8) is 0 Å². The molecule has 0 atom stereocenters. The fourth-order valence-electron chi connectivity index (χ4n) is 2.07. The van der Waals surface area contributed by atoms with Gasteiger partial charge >= 0.3 is 0 Å². The largest absolute Gasteiger partial charge is 0.493 e. The van der Waals surface area contributed by atoms with Crippen LogP contribution < -0.4 is 0 Å². The number of hydrogen-bond acceptors (Lipinski definition) is 3. The van der Waals surface area contributed by atoms with Crippen LogP contribution in [0.5, 0.6) is 5.88 Å². The van der Waals surface area contributed by atoms with Crippen molar-refractivity contribution in [1.82, 2.24) is 4.98 Å². The zero-order valence-corrected chi connectivity index (χ0v) is 11.5. The minimum Gasteiger partial charge on any atom is -0.493 e. The summed E-state index contributed by atoms with van der Waals surface area (Å²) in [5.41, 5.74) is 2.83. The summed E-state index contributed by atoms with van der Waals surface area (Å²) in [6, 6.07) is 13.0. The molecule has 0 radical (unpaired) electrons. The Morgan fingerprint density at radius 3 is 2.55 bits per heavy atom. The van der Waals surface area contributed by atoms with Gasteiger partial charge in [-0.15, -0.1) is 5.11 Å². The molecule has 100 valence electrons. The van der Waals surface area contributed by atoms with Crippen LogP contribution in [0.2, 0.25) is 5.02 Å². The molecule has 0 saturated carbocycles. The van der Waals surface area contributed by atoms with Gasteiger partial charge in [-0.05, 0) is 30.7 Å². The second-order valence-electron chi connectivity index (χ2n) is 4.47. The summed E-state index contributed by atoms with van der Waals surface area (Å²) < 4.78 is 0. The first kappa shape index (κ1) is 12.7. The minimum absolute atomic E-state index is 0.0316. The highest BCUT2D eigenvalue weighted by atomic mass is 35.5. The van der Waals surface area contributed by atoms with Gasteiger partial charge in [-0.25, -0.2) is 0 Å². The van der Waals surface area contributed by atoms with Gasteiger partial charge in [0.05, 0.1) is 21.6 Å². The first-order valence-electron chi connectivity index (χ1n) is 6.13. The maximum Gasteiger partial charge on any atom is 0.218 e. The number of aromatic amines is 1. The Hall–Kier alpha value is -2.33. The molecule has 0 saturated heterocycles. The molecule has 5 heteroatoms. The minimum atomic E-state index is -0.0316. The number of hydrogen-bond donors (Lipinski definition) is 2. The molecule has 4 nitrogen and oxygen atoms in total. The van der Waals surface area contributed by atoms with Crippen LogP contribution in [-0.4, -0.2) is 10.1 Å². The quantitative estimate of drug-likeness (QED) is 0.621. The van der Waals surface area contributed by atoms with Gasteiger partial charge in [0.1, 0.15) is 0 Å². The standard InChI is InChI=1S/C15H12ClN3O/c1-9-7-8-11(16)12-13(9)17-15(20)14(12)19-18-10-5-3-2-4-6-10/h2-8,17,20H,1H3. The van der Waals surface area contributed by atoms with Crippen molar-refractivity contribution in [3.05, 3.63) is 53.1 Å². The van der Waals surface area contributed by atoms with Crippen LogP contribution in [0.4, 0.5) is 11.4 Å². The van der Waals surface area contributed by atoms with E-state index in [1.807, 2.05) is 43.3 Å². The first-order chi connectivity index (χ1) is 9.66. The Morgan fingerprint density at radius 1 is 1.05 bits per heavy atom. The van der Waals surface area contributed by atoms with Crippen LogP contribution in [0.15, 0.2) is 52.7 Å². The third kappa shape index (κ3) is 2.14. The van der Waals surface area contributed by atoms with Crippen molar-refractivity contribution in [2.75, 3.05) is 0 Å². The molecule has 0 fully saturated rings. The summed E-state index contributed by atoms with van der Waals surface area (Å²) in [6.07, 6.45) is 0. The number of aromatic nitrogens is 1. The number of nitrogens with one attached hydrogen (secondary N) is 1. The van der Waals surface area contributed by atoms with Crippen LogP contribution in [0.1, 0.15) is 5.56 Å². The van der Waals surface area contributed by atoms with Gasteiger partial charge < -0.3 is 10.1 Å². The number of aromatic hydroxyl groups is 1. The first-order valence-corrected chi connectivity index (χ1v) is 6.51. The molecular weight excluding hydrogens is 274 g/mol. The fourth-order valence-corrected chi connectivity index (χ4v) is 2.32. The van der Waals surface area contributed by atoms with Crippen LogP contribution in [0.3, 0.4) is 0 Å². The second kappa shape index (κ2) is 4.98. The zero-order valence-electron chi connectivity index (χ0n) is 10.8. The third-order valence-electron chi connectivity index (χ3n) is 3.09. The molecule has 20 heavy (non-hydrogen) atoms. The van der Waals surface area contributed by atoms with Crippen molar-refractivity contribution in [3.8, 4) is 5.88 Å². The Kier molecular flexibility index (Phi) is 3.16. The van der Waals surface area contributed by atoms with Crippen LogP contribution in [-0.2, 0) is 0 Å². The van der Waals surface area contributed by atoms with Crippen molar-refractivity contribution in [2.45, 2.75) is 6.92 Å². The van der Waals surface area contributed by atoms with Gasteiger partial charge in [0.2, 0.25) is 5.88 Å². The summed E-state index contributed by atoms with van der Waals surface area (Å²) in [4.78, 5) is 2.89. The predicted molar refractivity (Wildman–Crippen MR) is 80.3 cm³/mol. The molecule has 2 N–H and O–H groups in total. The predicted octanol–water partition coefficient (Wildman–Crippen LogP) is 5.25. The number of nitrogens with zero attached hydrogens (tertiary/aromatic N) is 2. The van der Waals surface area contributed by atoms with E-state index in [9.17, 15) is 5.11 Å². The van der Waals surface area contributed by atoms with E-state index in [1.54, 1.807) is 6.07 Å². The number of halogens is 1. The molecule has 2 aromatic carbocycles. The lowest BCUT2D eigenvalue weighted by Gasteiger charge is -1.98. The van der Waals surface area contributed by atoms with Crippen molar-refractivity contribution >= 4 is 33.9 Å². The molecule has 3 aromatic rings. The van der Waals surface area contributed by atoms with Crippen LogP contribution in [0, 0.1) is 6.92 Å². The summed E-state index contributed by atoms with van der Waals surface area (Å²) in [5, 5.41) is 19.5. The molecule has 0 amide bonds. The number of benzene rings is 2. The van der Waals surface area contributed by atoms with E-state index < -0.39 is 0 Å². The summed E-state index contributed by atoms with van der Waals surface area (Å²) in [7, 11) is 0. The smallest absolute Gasteiger partial charge is 0.218 e. The molecule has 0 aliphatic rings. The van der Waals surface area contributed by atoms with Crippen LogP contribution >= 0.6 is 11.6 Å². The molecule has 1 aromatic heterocycles. The second-order valence-corrected chi connectivity index (χ2v) is 4.88. The number of fused-ring (bicyclic) bond motifs is 1. The summed E-state index contributed by atoms with van der Waals surface area (Å²) in [6.45, 7) is 1.94. The highest BCUT2D eigenvalue weighted by Crippen LogP contribution is 2.41. The summed E-state index contributed by atoms with van der Waals surface area (Å²) >= 11 is 6.20. The lowest BCUT2D eigenvalue weighted by molar-refractivity contribution is 0.459. The Labute approximate surface area is 120 Å². The Balaban J connectivity index is 2.15. The van der Waals surface area contributed by atoms with Gasteiger partial charge in [0, 0.05) is 0 Å². The number of rotatable bonds is 2. The molecule has 0 spiro atoms. The highest BCUT2D eigenvalue weighted by molar-refractivity contribution is 6.36. The van der Waals surface area contributed by atoms with Crippen molar-refractivity contribution in [1.29, 1.82) is 0 Å². The van der Waals surface area contributed by atoms with E-state index >= 15 is 0 Å². The fraction of sp³-hybridized carbons (Fsp3) is 0.0667. The molecule has 3 rings (SSSR count). The lowest BCUT2D eigenvalue weighted by Crippen LogP contribution is -1.76. The van der Waals surface area contributed by atoms with E-state index in [1.165, 1.54) is 0 Å². The third-order valence-corrected chi connectivity index (χ3v) is 3.40. The highest BCUT2D eigenvalue weighted by Gasteiger charge is 2.15. The van der Waals surface area contributed by atoms with E-state index in [4.69, 9.17) is 11.6 Å². The van der Waals surface area contributed by atoms with Gasteiger partial charge in [0.15, 0.2) is 5.69 Å². The zero-order chi connectivity index (χ0) is 14.1. The van der Waals surface area contributed by atoms with E-state index in [0.29, 0.717) is 21.8 Å². The number of aryl methyl sites for hydroxylation is 1. The van der Waals surface area contributed by atoms with E-state index in [0.717, 1.165) is 11.1 Å². The maximum absolute atomic E-state index is 9.99. The molecule has 1 heterocycles. The van der Waals surface area contributed by atoms with Gasteiger partial charge in [0.25, 0.3) is 0 Å².